The van der Waals surface area contributed by atoms with E-state index in [-0.39, 0.29) is 23.3 Å². The van der Waals surface area contributed by atoms with E-state index in [1.165, 1.54) is 4.90 Å². The van der Waals surface area contributed by atoms with Crippen LogP contribution in [-0.2, 0) is 0 Å². The van der Waals surface area contributed by atoms with E-state index in [1.807, 2.05) is 36.6 Å². The zero-order chi connectivity index (χ0) is 20.8. The monoisotopic (exact) mass is 411 g/mol. The number of benzene rings is 1. The van der Waals surface area contributed by atoms with Crippen LogP contribution in [0.25, 0.3) is 0 Å². The highest BCUT2D eigenvalue weighted by Crippen LogP contribution is 2.37. The van der Waals surface area contributed by atoms with Crippen molar-refractivity contribution in [2.24, 2.45) is 5.41 Å². The molecular formula is C23H29N3O2S. The van der Waals surface area contributed by atoms with E-state index in [0.29, 0.717) is 11.1 Å². The van der Waals surface area contributed by atoms with Gasteiger partial charge in [-0.3, -0.25) is 19.4 Å². The molecule has 1 aromatic heterocycles. The number of rotatable bonds is 4. The normalized spacial score (nSPS) is 19.0. The predicted octanol–water partition coefficient (Wildman–Crippen LogP) is 4.27. The SMILES string of the molecule is CC(c1cccs1)N1C(=O)c2cccc(N3CCN(CC(C)(C)C)CC3)c2C1=O. The number of fused-ring (bicyclic) bond motifs is 1. The number of thiophene rings is 1. The molecule has 0 bridgehead atoms. The second-order valence-corrected chi connectivity index (χ2v) is 10.2. The van der Waals surface area contributed by atoms with Gasteiger partial charge in [0.05, 0.1) is 22.9 Å². The number of piperazine rings is 1. The van der Waals surface area contributed by atoms with E-state index in [2.05, 4.69) is 30.6 Å². The largest absolute Gasteiger partial charge is 0.368 e. The fourth-order valence-electron chi connectivity index (χ4n) is 4.37. The number of carbonyl (C=O) groups is 2. The molecule has 2 aliphatic heterocycles. The predicted molar refractivity (Wildman–Crippen MR) is 118 cm³/mol. The average Bonchev–Trinajstić information content (AvgIpc) is 3.29. The molecule has 0 aliphatic carbocycles. The van der Waals surface area contributed by atoms with Crippen molar-refractivity contribution >= 4 is 28.8 Å². The van der Waals surface area contributed by atoms with E-state index < -0.39 is 0 Å². The third kappa shape index (κ3) is 3.83. The first-order chi connectivity index (χ1) is 13.8. The highest BCUT2D eigenvalue weighted by Gasteiger charge is 2.41. The molecule has 1 fully saturated rings. The Morgan fingerprint density at radius 1 is 1.00 bits per heavy atom. The minimum Gasteiger partial charge on any atom is -0.368 e. The van der Waals surface area contributed by atoms with Crippen LogP contribution in [-0.4, -0.2) is 54.3 Å². The Morgan fingerprint density at radius 3 is 2.34 bits per heavy atom. The van der Waals surface area contributed by atoms with Gasteiger partial charge >= 0.3 is 0 Å². The van der Waals surface area contributed by atoms with Crippen molar-refractivity contribution in [2.75, 3.05) is 37.6 Å². The summed E-state index contributed by atoms with van der Waals surface area (Å²) < 4.78 is 0. The van der Waals surface area contributed by atoms with Crippen LogP contribution < -0.4 is 4.90 Å². The number of nitrogens with zero attached hydrogens (tertiary/aromatic N) is 3. The minimum atomic E-state index is -0.251. The molecule has 0 saturated carbocycles. The quantitative estimate of drug-likeness (QED) is 0.705. The van der Waals surface area contributed by atoms with Crippen molar-refractivity contribution in [3.05, 3.63) is 51.7 Å². The van der Waals surface area contributed by atoms with E-state index in [9.17, 15) is 9.59 Å². The first kappa shape index (κ1) is 20.1. The topological polar surface area (TPSA) is 43.9 Å². The molecule has 0 spiro atoms. The van der Waals surface area contributed by atoms with Crippen molar-refractivity contribution in [1.29, 1.82) is 0 Å². The van der Waals surface area contributed by atoms with Gasteiger partial charge in [-0.15, -0.1) is 11.3 Å². The van der Waals surface area contributed by atoms with E-state index in [1.54, 1.807) is 17.4 Å². The van der Waals surface area contributed by atoms with E-state index >= 15 is 0 Å². The maximum Gasteiger partial charge on any atom is 0.264 e. The molecular weight excluding hydrogens is 382 g/mol. The summed E-state index contributed by atoms with van der Waals surface area (Å²) in [5.74, 6) is -0.349. The number of hydrogen-bond donors (Lipinski definition) is 0. The summed E-state index contributed by atoms with van der Waals surface area (Å²) in [6, 6.07) is 9.36. The van der Waals surface area contributed by atoms with Crippen LogP contribution in [0.15, 0.2) is 35.7 Å². The number of amides is 2. The smallest absolute Gasteiger partial charge is 0.264 e. The van der Waals surface area contributed by atoms with Crippen LogP contribution >= 0.6 is 11.3 Å². The van der Waals surface area contributed by atoms with Crippen LogP contribution in [0.2, 0.25) is 0 Å². The van der Waals surface area contributed by atoms with Gasteiger partial charge in [0.1, 0.15) is 0 Å². The van der Waals surface area contributed by atoms with Gasteiger partial charge in [-0.2, -0.15) is 0 Å². The van der Waals surface area contributed by atoms with Crippen molar-refractivity contribution in [1.82, 2.24) is 9.80 Å². The molecule has 0 N–H and O–H groups in total. The molecule has 1 unspecified atom stereocenters. The van der Waals surface area contributed by atoms with Crippen LogP contribution in [0.1, 0.15) is 59.3 Å². The summed E-state index contributed by atoms with van der Waals surface area (Å²) in [5, 5.41) is 1.98. The second-order valence-electron chi connectivity index (χ2n) is 9.20. The highest BCUT2D eigenvalue weighted by molar-refractivity contribution is 7.10. The molecule has 3 heterocycles. The lowest BCUT2D eigenvalue weighted by molar-refractivity contribution is 0.0598. The van der Waals surface area contributed by atoms with Crippen LogP contribution in [0.3, 0.4) is 0 Å². The van der Waals surface area contributed by atoms with Gasteiger partial charge in [-0.1, -0.05) is 32.9 Å². The maximum absolute atomic E-state index is 13.3. The third-order valence-corrected chi connectivity index (χ3v) is 6.72. The Morgan fingerprint density at radius 2 is 1.72 bits per heavy atom. The first-order valence-corrected chi connectivity index (χ1v) is 11.2. The Bertz CT molecular complexity index is 909. The highest BCUT2D eigenvalue weighted by atomic mass is 32.1. The van der Waals surface area contributed by atoms with Gasteiger partial charge in [0, 0.05) is 37.6 Å². The Kier molecular flexibility index (Phi) is 5.25. The average molecular weight is 412 g/mol. The Hall–Kier alpha value is -2.18. The third-order valence-electron chi connectivity index (χ3n) is 5.68. The number of carbonyl (C=O) groups excluding carboxylic acids is 2. The van der Waals surface area contributed by atoms with Gasteiger partial charge < -0.3 is 4.90 Å². The molecule has 6 heteroatoms. The lowest BCUT2D eigenvalue weighted by Gasteiger charge is -2.39. The summed E-state index contributed by atoms with van der Waals surface area (Å²) in [6.07, 6.45) is 0. The van der Waals surface area contributed by atoms with Crippen LogP contribution in [0.4, 0.5) is 5.69 Å². The van der Waals surface area contributed by atoms with Gasteiger partial charge in [0.15, 0.2) is 0 Å². The molecule has 1 saturated heterocycles. The fraction of sp³-hybridized carbons (Fsp3) is 0.478. The van der Waals surface area contributed by atoms with Crippen LogP contribution in [0.5, 0.6) is 0 Å². The summed E-state index contributed by atoms with van der Waals surface area (Å²) in [5.41, 5.74) is 2.28. The number of hydrogen-bond acceptors (Lipinski definition) is 5. The minimum absolute atomic E-state index is 0.168. The van der Waals surface area contributed by atoms with Gasteiger partial charge in [-0.25, -0.2) is 0 Å². The summed E-state index contributed by atoms with van der Waals surface area (Å²) >= 11 is 1.58. The van der Waals surface area contributed by atoms with Gasteiger partial charge in [0.25, 0.3) is 11.8 Å². The van der Waals surface area contributed by atoms with Crippen LogP contribution in [0, 0.1) is 5.41 Å². The molecule has 2 amide bonds. The zero-order valence-electron chi connectivity index (χ0n) is 17.6. The first-order valence-electron chi connectivity index (χ1n) is 10.3. The summed E-state index contributed by atoms with van der Waals surface area (Å²) in [4.78, 5) is 33.6. The molecule has 1 aromatic carbocycles. The summed E-state index contributed by atoms with van der Waals surface area (Å²) in [6.45, 7) is 13.5. The molecule has 29 heavy (non-hydrogen) atoms. The van der Waals surface area contributed by atoms with E-state index in [0.717, 1.165) is 43.3 Å². The Labute approximate surface area is 176 Å². The second kappa shape index (κ2) is 7.58. The maximum atomic E-state index is 13.3. The summed E-state index contributed by atoms with van der Waals surface area (Å²) in [7, 11) is 0. The fourth-order valence-corrected chi connectivity index (χ4v) is 5.15. The molecule has 1 atom stereocenters. The number of anilines is 1. The van der Waals surface area contributed by atoms with E-state index in [4.69, 9.17) is 0 Å². The van der Waals surface area contributed by atoms with Crippen molar-refractivity contribution in [3.63, 3.8) is 0 Å². The molecule has 0 radical (unpaired) electrons. The molecule has 2 aromatic rings. The molecule has 4 rings (SSSR count). The van der Waals surface area contributed by atoms with Crippen molar-refractivity contribution < 1.29 is 9.59 Å². The lowest BCUT2D eigenvalue weighted by atomic mass is 9.95. The molecule has 5 nitrogen and oxygen atoms in total. The molecule has 2 aliphatic rings. The zero-order valence-corrected chi connectivity index (χ0v) is 18.5. The van der Waals surface area contributed by atoms with Crippen molar-refractivity contribution in [2.45, 2.75) is 33.7 Å². The van der Waals surface area contributed by atoms with Crippen molar-refractivity contribution in [3.8, 4) is 0 Å². The Balaban J connectivity index is 1.57. The van der Waals surface area contributed by atoms with Gasteiger partial charge in [-0.05, 0) is 35.9 Å². The van der Waals surface area contributed by atoms with Gasteiger partial charge in [0.2, 0.25) is 0 Å². The standard InChI is InChI=1S/C23H29N3O2S/c1-16(19-9-6-14-29-19)26-21(27)17-7-5-8-18(20(17)22(26)28)25-12-10-24(11-13-25)15-23(2,3)4/h5-9,14,16H,10-13,15H2,1-4H3. The number of imide groups is 1. The lowest BCUT2D eigenvalue weighted by Crippen LogP contribution is -2.49. The molecule has 154 valence electrons.